The molecule has 0 aliphatic carbocycles. The zero-order valence-corrected chi connectivity index (χ0v) is 17.1. The maximum absolute atomic E-state index is 5.50. The molecule has 0 fully saturated rings. The van der Waals surface area contributed by atoms with E-state index in [1.54, 1.807) is 16.3 Å². The van der Waals surface area contributed by atoms with Gasteiger partial charge in [-0.3, -0.25) is 0 Å². The third-order valence-corrected chi connectivity index (χ3v) is 5.50. The number of rotatable bonds is 6. The molecule has 4 rings (SSSR count). The molecule has 0 amide bonds. The van der Waals surface area contributed by atoms with Crippen LogP contribution in [0.2, 0.25) is 0 Å². The highest BCUT2D eigenvalue weighted by Crippen LogP contribution is 2.25. The van der Waals surface area contributed by atoms with Crippen molar-refractivity contribution in [3.8, 4) is 17.0 Å². The molecule has 0 aliphatic heterocycles. The van der Waals surface area contributed by atoms with Gasteiger partial charge < -0.3 is 4.74 Å². The molecular weight excluding hydrogens is 424 g/mol. The number of fused-ring (bicyclic) bond motifs is 1. The van der Waals surface area contributed by atoms with Gasteiger partial charge in [0.1, 0.15) is 5.75 Å². The highest BCUT2D eigenvalue weighted by Gasteiger charge is 2.10. The summed E-state index contributed by atoms with van der Waals surface area (Å²) in [5.74, 6) is 1.67. The Hall–Kier alpha value is -2.38. The molecule has 0 radical (unpaired) electrons. The minimum Gasteiger partial charge on any atom is -0.494 e. The average Bonchev–Trinajstić information content (AvgIpc) is 3.11. The van der Waals surface area contributed by atoms with E-state index in [9.17, 15) is 0 Å². The van der Waals surface area contributed by atoms with Crippen molar-refractivity contribution in [2.75, 3.05) is 6.61 Å². The van der Waals surface area contributed by atoms with Crippen LogP contribution in [0.5, 0.6) is 5.75 Å². The summed E-state index contributed by atoms with van der Waals surface area (Å²) in [7, 11) is 0. The molecular formula is C20H17BrN4OS. The molecule has 0 spiro atoms. The third-order valence-electron chi connectivity index (χ3n) is 3.98. The van der Waals surface area contributed by atoms with Crippen LogP contribution in [0, 0.1) is 0 Å². The molecule has 0 bridgehead atoms. The van der Waals surface area contributed by atoms with Gasteiger partial charge in [0.15, 0.2) is 5.65 Å². The summed E-state index contributed by atoms with van der Waals surface area (Å²) in [6.45, 7) is 2.63. The Morgan fingerprint density at radius 1 is 0.963 bits per heavy atom. The van der Waals surface area contributed by atoms with Crippen LogP contribution in [0.15, 0.2) is 70.3 Å². The van der Waals surface area contributed by atoms with E-state index in [1.165, 1.54) is 5.56 Å². The molecule has 0 atom stereocenters. The zero-order valence-electron chi connectivity index (χ0n) is 14.7. The van der Waals surface area contributed by atoms with E-state index in [1.807, 2.05) is 55.5 Å². The Kier molecular flexibility index (Phi) is 5.40. The molecule has 27 heavy (non-hydrogen) atoms. The van der Waals surface area contributed by atoms with Crippen molar-refractivity contribution in [1.82, 2.24) is 19.8 Å². The maximum Gasteiger partial charge on any atom is 0.212 e. The lowest BCUT2D eigenvalue weighted by molar-refractivity contribution is 0.340. The van der Waals surface area contributed by atoms with Gasteiger partial charge in [-0.15, -0.1) is 10.2 Å². The summed E-state index contributed by atoms with van der Waals surface area (Å²) < 4.78 is 8.38. The fourth-order valence-corrected chi connectivity index (χ4v) is 3.74. The second-order valence-corrected chi connectivity index (χ2v) is 7.70. The Morgan fingerprint density at radius 3 is 2.48 bits per heavy atom. The second-order valence-electron chi connectivity index (χ2n) is 5.84. The average molecular weight is 441 g/mol. The van der Waals surface area contributed by atoms with Crippen LogP contribution in [0.1, 0.15) is 12.5 Å². The van der Waals surface area contributed by atoms with E-state index in [0.29, 0.717) is 6.61 Å². The Balaban J connectivity index is 1.57. The molecule has 7 heteroatoms. The molecule has 4 aromatic rings. The van der Waals surface area contributed by atoms with Crippen molar-refractivity contribution in [2.24, 2.45) is 0 Å². The van der Waals surface area contributed by atoms with Crippen LogP contribution in [-0.2, 0) is 5.75 Å². The molecule has 0 aliphatic rings. The van der Waals surface area contributed by atoms with Gasteiger partial charge in [0.25, 0.3) is 0 Å². The molecule has 0 unspecified atom stereocenters. The van der Waals surface area contributed by atoms with Gasteiger partial charge in [0, 0.05) is 15.8 Å². The Bertz CT molecular complexity index is 1050. The summed E-state index contributed by atoms with van der Waals surface area (Å²) >= 11 is 5.08. The number of ether oxygens (including phenoxy) is 1. The van der Waals surface area contributed by atoms with E-state index >= 15 is 0 Å². The lowest BCUT2D eigenvalue weighted by atomic mass is 10.1. The molecule has 0 N–H and O–H groups in total. The van der Waals surface area contributed by atoms with Crippen molar-refractivity contribution in [1.29, 1.82) is 0 Å². The maximum atomic E-state index is 5.50. The molecule has 2 heterocycles. The minimum absolute atomic E-state index is 0.656. The van der Waals surface area contributed by atoms with Gasteiger partial charge in [-0.25, -0.2) is 0 Å². The van der Waals surface area contributed by atoms with Crippen LogP contribution in [0.25, 0.3) is 16.9 Å². The summed E-state index contributed by atoms with van der Waals surface area (Å²) in [6, 6.07) is 20.1. The number of aromatic nitrogens is 4. The van der Waals surface area contributed by atoms with Gasteiger partial charge in [-0.1, -0.05) is 39.8 Å². The summed E-state index contributed by atoms with van der Waals surface area (Å²) in [6.07, 6.45) is 0. The van der Waals surface area contributed by atoms with Crippen LogP contribution >= 0.6 is 27.7 Å². The number of benzene rings is 2. The van der Waals surface area contributed by atoms with Gasteiger partial charge in [0.2, 0.25) is 5.16 Å². The highest BCUT2D eigenvalue weighted by atomic mass is 79.9. The minimum atomic E-state index is 0.656. The fourth-order valence-electron chi connectivity index (χ4n) is 2.63. The van der Waals surface area contributed by atoms with Crippen LogP contribution < -0.4 is 4.74 Å². The van der Waals surface area contributed by atoms with E-state index in [2.05, 4.69) is 38.3 Å². The molecule has 0 saturated carbocycles. The van der Waals surface area contributed by atoms with Crippen molar-refractivity contribution >= 4 is 33.3 Å². The highest BCUT2D eigenvalue weighted by molar-refractivity contribution is 9.10. The molecule has 5 nitrogen and oxygen atoms in total. The Morgan fingerprint density at radius 2 is 1.74 bits per heavy atom. The number of hydrogen-bond acceptors (Lipinski definition) is 5. The topological polar surface area (TPSA) is 52.3 Å². The lowest BCUT2D eigenvalue weighted by Gasteiger charge is -2.06. The fraction of sp³-hybridized carbons (Fsp3) is 0.150. The van der Waals surface area contributed by atoms with Gasteiger partial charge in [-0.05, 0) is 61.0 Å². The summed E-state index contributed by atoms with van der Waals surface area (Å²) in [5, 5.41) is 14.0. The molecule has 136 valence electrons. The Labute approximate surface area is 169 Å². The number of halogens is 1. The van der Waals surface area contributed by atoms with Gasteiger partial charge in [-0.2, -0.15) is 9.61 Å². The monoisotopic (exact) mass is 440 g/mol. The first-order valence-corrected chi connectivity index (χ1v) is 10.3. The lowest BCUT2D eigenvalue weighted by Crippen LogP contribution is -1.97. The normalized spacial score (nSPS) is 11.0. The predicted octanol–water partition coefficient (Wildman–Crippen LogP) is 5.24. The van der Waals surface area contributed by atoms with Gasteiger partial charge in [0.05, 0.1) is 12.3 Å². The molecule has 2 aromatic heterocycles. The van der Waals surface area contributed by atoms with Crippen molar-refractivity contribution < 1.29 is 4.74 Å². The predicted molar refractivity (Wildman–Crippen MR) is 111 cm³/mol. The summed E-state index contributed by atoms with van der Waals surface area (Å²) in [5.41, 5.74) is 3.86. The number of nitrogens with zero attached hydrogens (tertiary/aromatic N) is 4. The van der Waals surface area contributed by atoms with Crippen molar-refractivity contribution in [3.05, 3.63) is 70.7 Å². The quantitative estimate of drug-likeness (QED) is 0.383. The smallest absolute Gasteiger partial charge is 0.212 e. The largest absolute Gasteiger partial charge is 0.494 e. The van der Waals surface area contributed by atoms with E-state index < -0.39 is 0 Å². The first kappa shape index (κ1) is 18.0. The number of thioether (sulfide) groups is 1. The van der Waals surface area contributed by atoms with Crippen molar-refractivity contribution in [2.45, 2.75) is 17.8 Å². The molecule has 2 aromatic carbocycles. The molecule has 0 saturated heterocycles. The van der Waals surface area contributed by atoms with Crippen LogP contribution in [-0.4, -0.2) is 26.4 Å². The standard InChI is InChI=1S/C20H17BrN4OS/c1-2-26-17-9-5-15(6-10-17)18-11-12-19-22-23-20(25(19)24-18)27-13-14-3-7-16(21)8-4-14/h3-12H,2,13H2,1H3. The van der Waals surface area contributed by atoms with Crippen LogP contribution in [0.4, 0.5) is 0 Å². The van der Waals surface area contributed by atoms with E-state index in [-0.39, 0.29) is 0 Å². The van der Waals surface area contributed by atoms with E-state index in [0.717, 1.165) is 38.0 Å². The first-order valence-electron chi connectivity index (χ1n) is 8.56. The third kappa shape index (κ3) is 4.14. The van der Waals surface area contributed by atoms with Crippen LogP contribution in [0.3, 0.4) is 0 Å². The van der Waals surface area contributed by atoms with Crippen molar-refractivity contribution in [3.63, 3.8) is 0 Å². The van der Waals surface area contributed by atoms with E-state index in [4.69, 9.17) is 9.84 Å². The SMILES string of the molecule is CCOc1ccc(-c2ccc3nnc(SCc4ccc(Br)cc4)n3n2)cc1. The number of hydrogen-bond donors (Lipinski definition) is 0. The second kappa shape index (κ2) is 8.10. The van der Waals surface area contributed by atoms with Gasteiger partial charge >= 0.3 is 0 Å². The summed E-state index contributed by atoms with van der Waals surface area (Å²) in [4.78, 5) is 0. The zero-order chi connectivity index (χ0) is 18.6. The first-order chi connectivity index (χ1) is 13.2.